The van der Waals surface area contributed by atoms with Crippen LogP contribution in [-0.2, 0) is 20.7 Å². The Morgan fingerprint density at radius 2 is 1.81 bits per heavy atom. The molecule has 2 amide bonds. The summed E-state index contributed by atoms with van der Waals surface area (Å²) in [5.41, 5.74) is 1.24. The van der Waals surface area contributed by atoms with Crippen molar-refractivity contribution in [1.29, 1.82) is 0 Å². The summed E-state index contributed by atoms with van der Waals surface area (Å²) in [5.74, 6) is -1.20. The van der Waals surface area contributed by atoms with E-state index in [-0.39, 0.29) is 24.1 Å². The molecular weight excluding hydrogens is 414 g/mol. The minimum atomic E-state index is -0.885. The predicted octanol–water partition coefficient (Wildman–Crippen LogP) is 2.61. The van der Waals surface area contributed by atoms with Gasteiger partial charge in [0.15, 0.2) is 5.43 Å². The maximum atomic E-state index is 12.5. The molecule has 9 nitrogen and oxygen atoms in total. The molecule has 9 heteroatoms. The predicted molar refractivity (Wildman–Crippen MR) is 119 cm³/mol. The summed E-state index contributed by atoms with van der Waals surface area (Å²) in [6, 6.07) is 13.5. The number of ether oxygens (including phenoxy) is 2. The molecule has 3 aromatic rings. The van der Waals surface area contributed by atoms with Crippen LogP contribution >= 0.6 is 0 Å². The monoisotopic (exact) mass is 437 g/mol. The van der Waals surface area contributed by atoms with E-state index >= 15 is 0 Å². The number of H-pyrrole nitrogens is 1. The Kier molecular flexibility index (Phi) is 7.22. The van der Waals surface area contributed by atoms with E-state index in [1.165, 1.54) is 13.2 Å². The lowest BCUT2D eigenvalue weighted by atomic mass is 10.1. The van der Waals surface area contributed by atoms with Crippen molar-refractivity contribution in [3.8, 4) is 0 Å². The van der Waals surface area contributed by atoms with Crippen LogP contribution in [0.5, 0.6) is 0 Å². The van der Waals surface area contributed by atoms with Gasteiger partial charge in [0, 0.05) is 23.6 Å². The fraction of sp³-hybridized carbons (Fsp3) is 0.217. The Morgan fingerprint density at radius 1 is 1.06 bits per heavy atom. The van der Waals surface area contributed by atoms with Crippen molar-refractivity contribution in [2.45, 2.75) is 19.4 Å². The van der Waals surface area contributed by atoms with Crippen LogP contribution in [0.1, 0.15) is 23.0 Å². The van der Waals surface area contributed by atoms with Crippen LogP contribution in [0.4, 0.5) is 10.5 Å². The molecule has 0 aliphatic rings. The van der Waals surface area contributed by atoms with Gasteiger partial charge in [-0.2, -0.15) is 0 Å². The van der Waals surface area contributed by atoms with Crippen LogP contribution in [0.3, 0.4) is 0 Å². The first kappa shape index (κ1) is 22.5. The third-order valence-electron chi connectivity index (χ3n) is 4.65. The molecule has 0 saturated heterocycles. The Hall–Kier alpha value is -4.14. The number of anilines is 1. The number of carbonyl (C=O) groups is 3. The van der Waals surface area contributed by atoms with Crippen molar-refractivity contribution in [2.24, 2.45) is 0 Å². The van der Waals surface area contributed by atoms with Gasteiger partial charge in [-0.1, -0.05) is 30.3 Å². The number of pyridine rings is 1. The van der Waals surface area contributed by atoms with E-state index in [1.54, 1.807) is 19.1 Å². The van der Waals surface area contributed by atoms with Gasteiger partial charge in [0.1, 0.15) is 11.7 Å². The average Bonchev–Trinajstić information content (AvgIpc) is 2.79. The quantitative estimate of drug-likeness (QED) is 0.488. The van der Waals surface area contributed by atoms with Gasteiger partial charge in [-0.15, -0.1) is 0 Å². The summed E-state index contributed by atoms with van der Waals surface area (Å²) in [7, 11) is 1.22. The average molecular weight is 437 g/mol. The summed E-state index contributed by atoms with van der Waals surface area (Å²) < 4.78 is 9.70. The van der Waals surface area contributed by atoms with Crippen LogP contribution in [0.2, 0.25) is 0 Å². The highest BCUT2D eigenvalue weighted by molar-refractivity contribution is 5.96. The molecule has 0 aliphatic heterocycles. The Bertz CT molecular complexity index is 1190. The molecule has 2 aromatic carbocycles. The first-order valence-electron chi connectivity index (χ1n) is 9.94. The zero-order chi connectivity index (χ0) is 23.1. The van der Waals surface area contributed by atoms with E-state index < -0.39 is 29.4 Å². The summed E-state index contributed by atoms with van der Waals surface area (Å²) in [6.07, 6.45) is 0.265. The number of esters is 2. The highest BCUT2D eigenvalue weighted by Crippen LogP contribution is 2.16. The number of aromatic amines is 1. The van der Waals surface area contributed by atoms with Gasteiger partial charge >= 0.3 is 18.0 Å². The van der Waals surface area contributed by atoms with Crippen molar-refractivity contribution in [1.82, 2.24) is 10.3 Å². The minimum absolute atomic E-state index is 0.0293. The Labute approximate surface area is 183 Å². The molecule has 166 valence electrons. The number of fused-ring (bicyclic) bond motifs is 1. The van der Waals surface area contributed by atoms with Crippen LogP contribution in [-0.4, -0.2) is 42.7 Å². The van der Waals surface area contributed by atoms with Gasteiger partial charge in [0.2, 0.25) is 0 Å². The van der Waals surface area contributed by atoms with Crippen molar-refractivity contribution in [3.63, 3.8) is 0 Å². The van der Waals surface area contributed by atoms with Crippen molar-refractivity contribution in [3.05, 3.63) is 76.1 Å². The fourth-order valence-electron chi connectivity index (χ4n) is 3.16. The van der Waals surface area contributed by atoms with E-state index in [2.05, 4.69) is 20.4 Å². The summed E-state index contributed by atoms with van der Waals surface area (Å²) >= 11 is 0. The number of carbonyl (C=O) groups excluding carboxylic acids is 3. The van der Waals surface area contributed by atoms with Crippen molar-refractivity contribution >= 4 is 34.6 Å². The molecule has 0 fully saturated rings. The summed E-state index contributed by atoms with van der Waals surface area (Å²) in [5, 5.41) is 5.52. The molecule has 0 saturated carbocycles. The van der Waals surface area contributed by atoms with Gasteiger partial charge in [0.05, 0.1) is 19.2 Å². The molecule has 0 bridgehead atoms. The number of aromatic nitrogens is 1. The smallest absolute Gasteiger partial charge is 0.354 e. The third-order valence-corrected chi connectivity index (χ3v) is 4.65. The van der Waals surface area contributed by atoms with E-state index in [9.17, 15) is 19.2 Å². The zero-order valence-corrected chi connectivity index (χ0v) is 17.6. The zero-order valence-electron chi connectivity index (χ0n) is 17.6. The van der Waals surface area contributed by atoms with Gasteiger partial charge in [-0.25, -0.2) is 14.4 Å². The molecule has 32 heavy (non-hydrogen) atoms. The molecule has 3 N–H and O–H groups in total. The van der Waals surface area contributed by atoms with Crippen molar-refractivity contribution < 1.29 is 23.9 Å². The van der Waals surface area contributed by atoms with Crippen LogP contribution in [0.25, 0.3) is 10.9 Å². The van der Waals surface area contributed by atoms with E-state index in [4.69, 9.17) is 4.74 Å². The molecule has 1 heterocycles. The first-order valence-corrected chi connectivity index (χ1v) is 9.94. The van der Waals surface area contributed by atoms with Gasteiger partial charge in [0.25, 0.3) is 0 Å². The largest absolute Gasteiger partial charge is 0.464 e. The molecule has 0 unspecified atom stereocenters. The van der Waals surface area contributed by atoms with E-state index in [1.807, 2.05) is 30.3 Å². The molecule has 3 rings (SSSR count). The SMILES string of the molecule is CCOC(=O)[C@H](Cc1ccccc1)NC(=O)Nc1ccc2[nH]c(C(=O)OC)cc(=O)c2c1. The van der Waals surface area contributed by atoms with E-state index in [0.29, 0.717) is 11.2 Å². The topological polar surface area (TPSA) is 127 Å². The number of amides is 2. The first-order chi connectivity index (χ1) is 15.4. The summed E-state index contributed by atoms with van der Waals surface area (Å²) in [6.45, 7) is 1.88. The number of methoxy groups -OCH3 is 1. The highest BCUT2D eigenvalue weighted by atomic mass is 16.5. The molecule has 1 atom stereocenters. The molecular formula is C23H23N3O6. The maximum absolute atomic E-state index is 12.5. The molecule has 1 aromatic heterocycles. The Morgan fingerprint density at radius 3 is 2.50 bits per heavy atom. The molecule has 0 aliphatic carbocycles. The van der Waals surface area contributed by atoms with Gasteiger partial charge in [-0.05, 0) is 30.7 Å². The molecule has 0 spiro atoms. The third kappa shape index (κ3) is 5.51. The number of hydrogen-bond acceptors (Lipinski definition) is 6. The normalized spacial score (nSPS) is 11.4. The number of benzene rings is 2. The maximum Gasteiger partial charge on any atom is 0.354 e. The Balaban J connectivity index is 1.76. The summed E-state index contributed by atoms with van der Waals surface area (Å²) in [4.78, 5) is 51.7. The van der Waals surface area contributed by atoms with Crippen molar-refractivity contribution in [2.75, 3.05) is 19.0 Å². The van der Waals surface area contributed by atoms with E-state index in [0.717, 1.165) is 11.6 Å². The minimum Gasteiger partial charge on any atom is -0.464 e. The van der Waals surface area contributed by atoms with Gasteiger partial charge < -0.3 is 25.1 Å². The van der Waals surface area contributed by atoms with Crippen LogP contribution in [0, 0.1) is 0 Å². The number of hydrogen-bond donors (Lipinski definition) is 3. The number of nitrogens with one attached hydrogen (secondary N) is 3. The van der Waals surface area contributed by atoms with Gasteiger partial charge in [-0.3, -0.25) is 4.79 Å². The van der Waals surface area contributed by atoms with Crippen LogP contribution < -0.4 is 16.1 Å². The highest BCUT2D eigenvalue weighted by Gasteiger charge is 2.22. The fourth-order valence-corrected chi connectivity index (χ4v) is 3.16. The number of rotatable bonds is 7. The standard InChI is InChI=1S/C23H23N3O6/c1-3-32-22(29)18(11-14-7-5-4-6-8-14)26-23(30)24-15-9-10-17-16(12-15)20(27)13-19(25-17)21(28)31-2/h4-10,12-13,18H,3,11H2,1-2H3,(H,25,27)(H2,24,26,30)/t18-/m0/s1. The molecule has 0 radical (unpaired) electrons. The second kappa shape index (κ2) is 10.3. The lowest BCUT2D eigenvalue weighted by molar-refractivity contribution is -0.145. The second-order valence-electron chi connectivity index (χ2n) is 6.89. The lowest BCUT2D eigenvalue weighted by Crippen LogP contribution is -2.45. The number of urea groups is 1. The lowest BCUT2D eigenvalue weighted by Gasteiger charge is -2.18. The second-order valence-corrected chi connectivity index (χ2v) is 6.89. The van der Waals surface area contributed by atoms with Crippen LogP contribution in [0.15, 0.2) is 59.4 Å².